The number of methoxy groups -OCH3 is 1. The van der Waals surface area contributed by atoms with Gasteiger partial charge in [-0.05, 0) is 40.2 Å². The van der Waals surface area contributed by atoms with Gasteiger partial charge in [-0.1, -0.05) is 0 Å². The lowest BCUT2D eigenvalue weighted by Crippen LogP contribution is -2.01. The van der Waals surface area contributed by atoms with Gasteiger partial charge in [-0.3, -0.25) is 0 Å². The summed E-state index contributed by atoms with van der Waals surface area (Å²) in [6.07, 6.45) is 0. The number of benzene rings is 1. The highest BCUT2D eigenvalue weighted by atomic mass is 79.9. The molecule has 94 valence electrons. The van der Waals surface area contributed by atoms with Crippen molar-refractivity contribution in [2.75, 3.05) is 23.9 Å². The molecule has 0 atom stereocenters. The summed E-state index contributed by atoms with van der Waals surface area (Å²) in [5.74, 6) is 1.68. The van der Waals surface area contributed by atoms with Gasteiger partial charge in [-0.25, -0.2) is 4.98 Å². The standard InChI is InChI=1S/C12H13BrN4O/c1-18-7-2-3-8(13)10(6-7)16-11-5-4-9(14)12(15)17-11/h2-6H,14H2,1H3,(H3,15,16,17). The first-order valence-corrected chi connectivity index (χ1v) is 6.02. The van der Waals surface area contributed by atoms with Gasteiger partial charge in [0.05, 0.1) is 18.5 Å². The van der Waals surface area contributed by atoms with E-state index >= 15 is 0 Å². The van der Waals surface area contributed by atoms with Crippen molar-refractivity contribution in [1.82, 2.24) is 4.98 Å². The first-order chi connectivity index (χ1) is 8.60. The fraction of sp³-hybridized carbons (Fsp3) is 0.0833. The molecule has 0 unspecified atom stereocenters. The van der Waals surface area contributed by atoms with Gasteiger partial charge in [-0.2, -0.15) is 0 Å². The van der Waals surface area contributed by atoms with Crippen LogP contribution in [0, 0.1) is 0 Å². The Kier molecular flexibility index (Phi) is 3.57. The Morgan fingerprint density at radius 2 is 2.00 bits per heavy atom. The van der Waals surface area contributed by atoms with Gasteiger partial charge in [-0.15, -0.1) is 0 Å². The summed E-state index contributed by atoms with van der Waals surface area (Å²) in [7, 11) is 1.62. The molecule has 2 rings (SSSR count). The van der Waals surface area contributed by atoms with Crippen LogP contribution >= 0.6 is 15.9 Å². The van der Waals surface area contributed by atoms with E-state index in [0.29, 0.717) is 17.3 Å². The van der Waals surface area contributed by atoms with Gasteiger partial charge in [0, 0.05) is 10.5 Å². The number of aromatic nitrogens is 1. The van der Waals surface area contributed by atoms with Crippen molar-refractivity contribution in [1.29, 1.82) is 0 Å². The van der Waals surface area contributed by atoms with Crippen LogP contribution in [-0.4, -0.2) is 12.1 Å². The Hall–Kier alpha value is -1.95. The van der Waals surface area contributed by atoms with Crippen LogP contribution in [-0.2, 0) is 0 Å². The molecule has 0 spiro atoms. The Morgan fingerprint density at radius 3 is 2.67 bits per heavy atom. The SMILES string of the molecule is COc1ccc(Br)c(Nc2ccc(N)c(N)n2)c1. The summed E-state index contributed by atoms with van der Waals surface area (Å²) < 4.78 is 6.07. The Labute approximate surface area is 113 Å². The fourth-order valence-electron chi connectivity index (χ4n) is 1.42. The molecule has 5 nitrogen and oxygen atoms in total. The normalized spacial score (nSPS) is 10.1. The van der Waals surface area contributed by atoms with E-state index < -0.39 is 0 Å². The van der Waals surface area contributed by atoms with Crippen LogP contribution in [0.25, 0.3) is 0 Å². The number of halogens is 1. The van der Waals surface area contributed by atoms with E-state index in [2.05, 4.69) is 26.2 Å². The number of nitrogens with one attached hydrogen (secondary N) is 1. The average Bonchev–Trinajstić information content (AvgIpc) is 2.36. The number of hydrogen-bond donors (Lipinski definition) is 3. The monoisotopic (exact) mass is 308 g/mol. The lowest BCUT2D eigenvalue weighted by molar-refractivity contribution is 0.415. The summed E-state index contributed by atoms with van der Waals surface area (Å²) in [5.41, 5.74) is 12.6. The van der Waals surface area contributed by atoms with Crippen LogP contribution < -0.4 is 21.5 Å². The molecule has 0 saturated carbocycles. The third kappa shape index (κ3) is 2.65. The smallest absolute Gasteiger partial charge is 0.149 e. The second-order valence-corrected chi connectivity index (χ2v) is 4.50. The molecule has 0 aliphatic heterocycles. The zero-order valence-corrected chi connectivity index (χ0v) is 11.4. The second kappa shape index (κ2) is 5.14. The van der Waals surface area contributed by atoms with Gasteiger partial charge in [0.1, 0.15) is 17.4 Å². The van der Waals surface area contributed by atoms with E-state index in [1.807, 2.05) is 18.2 Å². The van der Waals surface area contributed by atoms with Crippen molar-refractivity contribution in [2.24, 2.45) is 0 Å². The van der Waals surface area contributed by atoms with E-state index in [9.17, 15) is 0 Å². The molecule has 0 fully saturated rings. The highest BCUT2D eigenvalue weighted by molar-refractivity contribution is 9.10. The summed E-state index contributed by atoms with van der Waals surface area (Å²) in [6.45, 7) is 0. The van der Waals surface area contributed by atoms with Crippen molar-refractivity contribution in [3.8, 4) is 5.75 Å². The zero-order valence-electron chi connectivity index (χ0n) is 9.77. The number of hydrogen-bond acceptors (Lipinski definition) is 5. The lowest BCUT2D eigenvalue weighted by Gasteiger charge is -2.10. The maximum atomic E-state index is 5.66. The van der Waals surface area contributed by atoms with Gasteiger partial charge in [0.25, 0.3) is 0 Å². The lowest BCUT2D eigenvalue weighted by atomic mass is 10.3. The second-order valence-electron chi connectivity index (χ2n) is 3.64. The molecule has 5 N–H and O–H groups in total. The minimum Gasteiger partial charge on any atom is -0.497 e. The third-order valence-electron chi connectivity index (χ3n) is 2.39. The number of nitrogens with two attached hydrogens (primary N) is 2. The van der Waals surface area contributed by atoms with Gasteiger partial charge in [0.2, 0.25) is 0 Å². The largest absolute Gasteiger partial charge is 0.497 e. The van der Waals surface area contributed by atoms with Crippen molar-refractivity contribution < 1.29 is 4.74 Å². The van der Waals surface area contributed by atoms with E-state index in [0.717, 1.165) is 15.9 Å². The molecule has 2 aromatic rings. The summed E-state index contributed by atoms with van der Waals surface area (Å²) >= 11 is 3.45. The Balaban J connectivity index is 2.30. The number of ether oxygens (including phenoxy) is 1. The van der Waals surface area contributed by atoms with E-state index in [4.69, 9.17) is 16.2 Å². The summed E-state index contributed by atoms with van der Waals surface area (Å²) in [4.78, 5) is 4.14. The highest BCUT2D eigenvalue weighted by Gasteiger charge is 2.04. The number of nitrogen functional groups attached to an aromatic ring is 2. The van der Waals surface area contributed by atoms with Gasteiger partial charge >= 0.3 is 0 Å². The molecule has 1 aromatic carbocycles. The molecule has 0 aliphatic carbocycles. The maximum Gasteiger partial charge on any atom is 0.149 e. The van der Waals surface area contributed by atoms with Crippen LogP contribution in [0.3, 0.4) is 0 Å². The van der Waals surface area contributed by atoms with E-state index in [-0.39, 0.29) is 0 Å². The van der Waals surface area contributed by atoms with Crippen LogP contribution in [0.4, 0.5) is 23.0 Å². The maximum absolute atomic E-state index is 5.66. The molecule has 0 amide bonds. The predicted molar refractivity (Wildman–Crippen MR) is 77.0 cm³/mol. The molecule has 6 heteroatoms. The number of anilines is 4. The molecule has 0 radical (unpaired) electrons. The summed E-state index contributed by atoms with van der Waals surface area (Å²) in [5, 5.41) is 3.14. The fourth-order valence-corrected chi connectivity index (χ4v) is 1.77. The summed E-state index contributed by atoms with van der Waals surface area (Å²) in [6, 6.07) is 9.08. The molecular weight excluding hydrogens is 296 g/mol. The van der Waals surface area contributed by atoms with E-state index in [1.54, 1.807) is 19.2 Å². The molecule has 1 heterocycles. The molecule has 0 saturated heterocycles. The third-order valence-corrected chi connectivity index (χ3v) is 3.09. The molecule has 1 aromatic heterocycles. The minimum absolute atomic E-state index is 0.305. The topological polar surface area (TPSA) is 86.2 Å². The average molecular weight is 309 g/mol. The zero-order chi connectivity index (χ0) is 13.1. The molecule has 18 heavy (non-hydrogen) atoms. The minimum atomic E-state index is 0.305. The Bertz CT molecular complexity index is 574. The van der Waals surface area contributed by atoms with Crippen LogP contribution in [0.5, 0.6) is 5.75 Å². The van der Waals surface area contributed by atoms with Crippen molar-refractivity contribution in [2.45, 2.75) is 0 Å². The first kappa shape index (κ1) is 12.5. The van der Waals surface area contributed by atoms with Crippen molar-refractivity contribution in [3.63, 3.8) is 0 Å². The van der Waals surface area contributed by atoms with Gasteiger partial charge < -0.3 is 21.5 Å². The van der Waals surface area contributed by atoms with Crippen molar-refractivity contribution in [3.05, 3.63) is 34.8 Å². The quantitative estimate of drug-likeness (QED) is 0.811. The van der Waals surface area contributed by atoms with E-state index in [1.165, 1.54) is 0 Å². The molecule has 0 aliphatic rings. The van der Waals surface area contributed by atoms with Crippen molar-refractivity contribution >= 4 is 38.9 Å². The number of nitrogens with zero attached hydrogens (tertiary/aromatic N) is 1. The highest BCUT2D eigenvalue weighted by Crippen LogP contribution is 2.29. The van der Waals surface area contributed by atoms with Crippen LogP contribution in [0.15, 0.2) is 34.8 Å². The van der Waals surface area contributed by atoms with Crippen LogP contribution in [0.2, 0.25) is 0 Å². The number of pyridine rings is 1. The predicted octanol–water partition coefficient (Wildman–Crippen LogP) is 2.76. The number of rotatable bonds is 3. The first-order valence-electron chi connectivity index (χ1n) is 5.22. The van der Waals surface area contributed by atoms with Crippen LogP contribution in [0.1, 0.15) is 0 Å². The van der Waals surface area contributed by atoms with Gasteiger partial charge in [0.15, 0.2) is 0 Å². The molecule has 0 bridgehead atoms. The Morgan fingerprint density at radius 1 is 1.22 bits per heavy atom. The molecular formula is C12H13BrN4O.